The van der Waals surface area contributed by atoms with Crippen LogP contribution in [0.3, 0.4) is 0 Å². The Balaban J connectivity index is 1.08. The van der Waals surface area contributed by atoms with Crippen molar-refractivity contribution in [3.63, 3.8) is 0 Å². The van der Waals surface area contributed by atoms with Crippen LogP contribution in [-0.4, -0.2) is 613 Å². The lowest BCUT2D eigenvalue weighted by Crippen LogP contribution is -2.68. The molecule has 8 aliphatic rings. The molecule has 0 aromatic heterocycles. The number of hydrogen-bond donors (Lipinski definition) is 32. The summed E-state index contributed by atoms with van der Waals surface area (Å²) in [5.74, 6) is -14.2. The minimum Gasteiger partial charge on any atom is -0.480 e. The molecule has 8 fully saturated rings. The highest BCUT2D eigenvalue weighted by Crippen LogP contribution is 2.43. The van der Waals surface area contributed by atoms with Crippen LogP contribution in [0.25, 0.3) is 0 Å². The first-order valence-corrected chi connectivity index (χ1v) is 56.7. The van der Waals surface area contributed by atoms with Crippen molar-refractivity contribution in [1.29, 1.82) is 0 Å². The van der Waals surface area contributed by atoms with Crippen LogP contribution in [0.1, 0.15) is 26.2 Å². The molecule has 0 aromatic carbocycles. The minimum absolute atomic E-state index is 0.0398. The molecule has 56 nitrogen and oxygen atoms in total. The number of aliphatic hydroxyl groups excluding tert-OH is 16. The van der Waals surface area contributed by atoms with E-state index in [4.69, 9.17) is 75.8 Å². The van der Waals surface area contributed by atoms with Crippen molar-refractivity contribution in [2.45, 2.75) is 314 Å². The molecule has 0 spiro atoms. The standard InChI is InChI=1S/C84H146N8O48S8/c1-10-11-12-125-77-55(102)48(95)62(40(127-77)23-142-16-32(86-3)70(111)112)135-79-57(104)50(97)64(42(129-79)25-144-18-34(88-5)72(115)116)137-81-59(106)52(99)66(44(131-81)27-146-20-36(90-7)74(119)120)139-83-61(108)54(101)68(46(133-83)29-148-22-38(92-9)76(123)124)140-84-60(107)53(100)67(45(132-84)28-147-21-37(91-8)75(121)122)138-82-58(105)51(98)65(43(130-82)26-145-19-35(89-6)73(117)118)136-80-56(103)49(96)63(41(128-80)24-143-17-33(87-4)71(113)114)134-78-47(94)39(93)13-30(126-78)14-141-15-31(85-2)69(109)110/h30-68,77-108H,10-29H2,1-9H3,(H,109,110)(H,111,112)(H,113,114)(H,115,116)(H,117,118)(H,119,120)(H,121,122)(H,123,124). The molecular weight excluding hydrogens is 2150 g/mol. The van der Waals surface area contributed by atoms with E-state index in [0.717, 1.165) is 94.1 Å². The number of aliphatic hydroxyl groups is 16. The molecule has 0 aliphatic carbocycles. The third-order valence-electron chi connectivity index (χ3n) is 25.5. The van der Waals surface area contributed by atoms with E-state index in [9.17, 15) is 161 Å². The molecule has 0 radical (unpaired) electrons. The number of hydrogen-bond acceptors (Lipinski definition) is 56. The highest BCUT2D eigenvalue weighted by molar-refractivity contribution is 8.00. The van der Waals surface area contributed by atoms with Crippen molar-refractivity contribution in [3.8, 4) is 0 Å². The van der Waals surface area contributed by atoms with E-state index in [1.54, 1.807) is 0 Å². The van der Waals surface area contributed by atoms with Crippen molar-refractivity contribution in [1.82, 2.24) is 42.5 Å². The van der Waals surface area contributed by atoms with Crippen LogP contribution in [0.2, 0.25) is 0 Å². The molecule has 8 aliphatic heterocycles. The van der Waals surface area contributed by atoms with Gasteiger partial charge in [0, 0.05) is 105 Å². The molecule has 858 valence electrons. The van der Waals surface area contributed by atoms with Gasteiger partial charge in [-0.3, -0.25) is 38.4 Å². The van der Waals surface area contributed by atoms with E-state index in [0.29, 0.717) is 12.8 Å². The number of rotatable bonds is 66. The summed E-state index contributed by atoms with van der Waals surface area (Å²) < 4.78 is 100. The van der Waals surface area contributed by atoms with Crippen LogP contribution in [0.5, 0.6) is 0 Å². The largest absolute Gasteiger partial charge is 0.480 e. The van der Waals surface area contributed by atoms with Gasteiger partial charge in [-0.1, -0.05) is 13.3 Å². The fourth-order valence-corrected chi connectivity index (χ4v) is 25.9. The zero-order chi connectivity index (χ0) is 110. The van der Waals surface area contributed by atoms with Crippen LogP contribution in [0.15, 0.2) is 0 Å². The molecule has 0 saturated carbocycles. The Labute approximate surface area is 885 Å². The number of aliphatic carboxylic acids is 8. The predicted molar refractivity (Wildman–Crippen MR) is 527 cm³/mol. The van der Waals surface area contributed by atoms with Gasteiger partial charge >= 0.3 is 47.8 Å². The second-order valence-corrected chi connectivity index (χ2v) is 44.4. The predicted octanol–water partition coefficient (Wildman–Crippen LogP) is -12.3. The smallest absolute Gasteiger partial charge is 0.321 e. The van der Waals surface area contributed by atoms with E-state index in [-0.39, 0.29) is 82.1 Å². The van der Waals surface area contributed by atoms with E-state index in [1.165, 1.54) is 56.4 Å². The number of carboxylic acids is 8. The lowest BCUT2D eigenvalue weighted by atomic mass is 9.95. The summed E-state index contributed by atoms with van der Waals surface area (Å²) in [4.78, 5) is 97.9. The molecule has 8 rings (SSSR count). The third kappa shape index (κ3) is 36.2. The average Bonchev–Trinajstić information content (AvgIpc) is 0.767. The van der Waals surface area contributed by atoms with Crippen molar-refractivity contribution in [2.75, 3.05) is 155 Å². The normalized spacial score (nSPS) is 38.0. The van der Waals surface area contributed by atoms with Gasteiger partial charge in [0.25, 0.3) is 0 Å². The first-order chi connectivity index (χ1) is 70.3. The maximum atomic E-state index is 12.6. The molecule has 8 heterocycles. The van der Waals surface area contributed by atoms with Crippen LogP contribution in [0, 0.1) is 0 Å². The Morgan fingerprint density at radius 1 is 0.243 bits per heavy atom. The molecule has 64 heteroatoms. The lowest BCUT2D eigenvalue weighted by molar-refractivity contribution is -0.391. The molecule has 47 atom stereocenters. The Morgan fingerprint density at radius 2 is 0.405 bits per heavy atom. The van der Waals surface area contributed by atoms with Gasteiger partial charge in [0.1, 0.15) is 183 Å². The minimum atomic E-state index is -2.39. The first kappa shape index (κ1) is 130. The van der Waals surface area contributed by atoms with Gasteiger partial charge in [-0.2, -0.15) is 94.1 Å². The molecule has 0 amide bonds. The average molecular weight is 2290 g/mol. The fraction of sp³-hybridized carbons (Fsp3) is 0.905. The number of carbonyl (C=O) groups is 8. The molecular formula is C84H146N8O48S8. The Hall–Kier alpha value is -3.04. The summed E-state index contributed by atoms with van der Waals surface area (Å²) >= 11 is 7.40. The lowest BCUT2D eigenvalue weighted by Gasteiger charge is -2.50. The molecule has 8 saturated heterocycles. The summed E-state index contributed by atoms with van der Waals surface area (Å²) in [6.45, 7) is 1.95. The quantitative estimate of drug-likeness (QED) is 0.0251. The van der Waals surface area contributed by atoms with E-state index in [2.05, 4.69) is 42.5 Å². The molecule has 148 heavy (non-hydrogen) atoms. The topological polar surface area (TPSA) is 866 Å². The summed E-state index contributed by atoms with van der Waals surface area (Å²) in [6.07, 6.45) is -74.7. The number of unbranched alkanes of at least 4 members (excludes halogenated alkanes) is 1. The maximum Gasteiger partial charge on any atom is 0.321 e. The maximum absolute atomic E-state index is 12.6. The number of ether oxygens (including phenoxy) is 16. The molecule has 0 aromatic rings. The molecule has 47 unspecified atom stereocenters. The zero-order valence-electron chi connectivity index (χ0n) is 82.1. The van der Waals surface area contributed by atoms with Gasteiger partial charge in [-0.05, 0) is 62.8 Å². The Morgan fingerprint density at radius 3 is 0.574 bits per heavy atom. The van der Waals surface area contributed by atoms with Crippen molar-refractivity contribution >= 4 is 142 Å². The van der Waals surface area contributed by atoms with Gasteiger partial charge in [0.2, 0.25) is 0 Å². The Bertz CT molecular complexity index is 3940. The molecule has 32 N–H and O–H groups in total. The SMILES string of the molecule is CCCCOC1OC(CSCC(NC)C(=O)O)C(OC2OC(CSCC(NC)C(=O)O)C(OC3OC(CSCC(NC)C(=O)O)C(OC4OC(CSCC(NC)C(=O)O)C(OC5OC(CSCC(NC)C(=O)O)C(OC6OC(CSCC(NC)C(=O)O)C(OC7OC(CSCC(NC)C(=O)O)C(OC8OC(CSCC(NC)C(=O)O)CC(O)C8O)C(O)C7O)C(O)C6O)C(O)C5O)C(O)C4O)C(O)C3O)C(O)C2O)C(O)C1O. The summed E-state index contributed by atoms with van der Waals surface area (Å²) in [6, 6.07) is -9.51. The first-order valence-electron chi connectivity index (χ1n) is 47.4. The monoisotopic (exact) mass is 2290 g/mol. The fourth-order valence-electron chi connectivity index (χ4n) is 16.5. The van der Waals surface area contributed by atoms with Gasteiger partial charge in [-0.15, -0.1) is 0 Å². The number of nitrogens with one attached hydrogen (secondary N) is 8. The van der Waals surface area contributed by atoms with Gasteiger partial charge in [-0.25, -0.2) is 0 Å². The number of carboxylic acid groups (broad SMARTS) is 8. The second kappa shape index (κ2) is 64.3. The van der Waals surface area contributed by atoms with Gasteiger partial charge < -0.3 is 241 Å². The second-order valence-electron chi connectivity index (χ2n) is 35.8. The van der Waals surface area contributed by atoms with Gasteiger partial charge in [0.15, 0.2) is 50.3 Å². The van der Waals surface area contributed by atoms with Crippen LogP contribution in [-0.2, 0) is 114 Å². The van der Waals surface area contributed by atoms with Crippen molar-refractivity contribution < 1.29 is 237 Å². The molecule has 0 bridgehead atoms. The number of thioether (sulfide) groups is 8. The van der Waals surface area contributed by atoms with E-state index in [1.807, 2.05) is 6.92 Å². The van der Waals surface area contributed by atoms with Crippen LogP contribution >= 0.6 is 94.1 Å². The highest BCUT2D eigenvalue weighted by atomic mass is 32.2. The van der Waals surface area contributed by atoms with E-state index < -0.39 is 359 Å². The Kier molecular flexibility index (Phi) is 56.5. The van der Waals surface area contributed by atoms with E-state index >= 15 is 0 Å². The summed E-state index contributed by atoms with van der Waals surface area (Å²) in [5, 5.41) is 295. The highest BCUT2D eigenvalue weighted by Gasteiger charge is 2.61. The van der Waals surface area contributed by atoms with Crippen LogP contribution < -0.4 is 42.5 Å². The zero-order valence-corrected chi connectivity index (χ0v) is 88.6. The third-order valence-corrected chi connectivity index (χ3v) is 34.6. The summed E-state index contributed by atoms with van der Waals surface area (Å²) in [7, 11) is 10.9. The van der Waals surface area contributed by atoms with Crippen molar-refractivity contribution in [2.24, 2.45) is 0 Å². The number of likely N-dealkylation sites (N-methyl/N-ethyl adjacent to an activating group) is 8. The summed E-state index contributed by atoms with van der Waals surface area (Å²) in [5.41, 5.74) is 0. The van der Waals surface area contributed by atoms with Crippen molar-refractivity contribution in [3.05, 3.63) is 0 Å². The van der Waals surface area contributed by atoms with Crippen LogP contribution in [0.4, 0.5) is 0 Å². The van der Waals surface area contributed by atoms with Gasteiger partial charge in [0.05, 0.1) is 54.9 Å².